The molecular formula is C24H30N2O2S. The maximum atomic E-state index is 12.6. The summed E-state index contributed by atoms with van der Waals surface area (Å²) in [5, 5.41) is 5.92. The van der Waals surface area contributed by atoms with Crippen molar-refractivity contribution in [3.8, 4) is 0 Å². The van der Waals surface area contributed by atoms with Gasteiger partial charge in [0.25, 0.3) is 0 Å². The summed E-state index contributed by atoms with van der Waals surface area (Å²) >= 11 is 1.81. The fourth-order valence-electron chi connectivity index (χ4n) is 4.65. The molecule has 1 aromatic carbocycles. The number of hydrogen-bond acceptors (Lipinski definition) is 3. The summed E-state index contributed by atoms with van der Waals surface area (Å²) in [7, 11) is 0. The highest BCUT2D eigenvalue weighted by Gasteiger charge is 2.31. The summed E-state index contributed by atoms with van der Waals surface area (Å²) in [5.74, 6) is 0.501. The van der Waals surface area contributed by atoms with Gasteiger partial charge in [-0.05, 0) is 75.0 Å². The van der Waals surface area contributed by atoms with Crippen LogP contribution < -0.4 is 10.6 Å². The van der Waals surface area contributed by atoms with Crippen LogP contribution in [0, 0.1) is 11.8 Å². The minimum atomic E-state index is -0.498. The first kappa shape index (κ1) is 20.1. The van der Waals surface area contributed by atoms with Crippen molar-refractivity contribution in [1.82, 2.24) is 10.6 Å². The Bertz CT molecular complexity index is 840. The van der Waals surface area contributed by atoms with Gasteiger partial charge >= 0.3 is 0 Å². The lowest BCUT2D eigenvalue weighted by molar-refractivity contribution is -0.130. The molecule has 5 heteroatoms. The molecule has 4 rings (SSSR count). The summed E-state index contributed by atoms with van der Waals surface area (Å²) in [6, 6.07) is 12.2. The molecule has 0 saturated heterocycles. The zero-order valence-corrected chi connectivity index (χ0v) is 17.9. The lowest BCUT2D eigenvalue weighted by Crippen LogP contribution is -2.46. The van der Waals surface area contributed by atoms with Gasteiger partial charge in [-0.1, -0.05) is 30.3 Å². The molecule has 1 aromatic heterocycles. The number of hydrogen-bond donors (Lipinski definition) is 2. The maximum Gasteiger partial charge on any atom is 0.242 e. The second-order valence-electron chi connectivity index (χ2n) is 8.53. The summed E-state index contributed by atoms with van der Waals surface area (Å²) in [5.41, 5.74) is 2.79. The number of nitrogens with one attached hydrogen (secondary N) is 2. The maximum absolute atomic E-state index is 12.6. The van der Waals surface area contributed by atoms with E-state index < -0.39 is 6.04 Å². The quantitative estimate of drug-likeness (QED) is 0.724. The Balaban J connectivity index is 1.21. The van der Waals surface area contributed by atoms with Crippen LogP contribution in [-0.2, 0) is 35.4 Å². The highest BCUT2D eigenvalue weighted by molar-refractivity contribution is 7.12. The second kappa shape index (κ2) is 9.12. The number of carbonyl (C=O) groups is 2. The summed E-state index contributed by atoms with van der Waals surface area (Å²) in [6.45, 7) is 2.33. The Kier molecular flexibility index (Phi) is 6.34. The van der Waals surface area contributed by atoms with Crippen LogP contribution in [0.15, 0.2) is 36.4 Å². The normalized spacial score (nSPS) is 21.6. The molecule has 154 valence electrons. The highest BCUT2D eigenvalue weighted by atomic mass is 32.1. The fourth-order valence-corrected chi connectivity index (χ4v) is 5.85. The first-order valence-corrected chi connectivity index (χ1v) is 11.6. The molecule has 1 heterocycles. The van der Waals surface area contributed by atoms with Crippen LogP contribution in [0.3, 0.4) is 0 Å². The molecule has 0 aliphatic heterocycles. The molecule has 2 aliphatic carbocycles. The number of benzene rings is 1. The summed E-state index contributed by atoms with van der Waals surface area (Å²) in [4.78, 5) is 27.7. The van der Waals surface area contributed by atoms with Gasteiger partial charge in [0, 0.05) is 15.7 Å². The predicted octanol–water partition coefficient (Wildman–Crippen LogP) is 4.02. The topological polar surface area (TPSA) is 58.2 Å². The molecule has 0 unspecified atom stereocenters. The third kappa shape index (κ3) is 5.08. The van der Waals surface area contributed by atoms with Crippen LogP contribution in [0.2, 0.25) is 0 Å². The second-order valence-corrected chi connectivity index (χ2v) is 9.75. The Morgan fingerprint density at radius 1 is 1.17 bits per heavy atom. The molecule has 4 nitrogen and oxygen atoms in total. The van der Waals surface area contributed by atoms with E-state index in [1.54, 1.807) is 6.92 Å². The predicted molar refractivity (Wildman–Crippen MR) is 117 cm³/mol. The van der Waals surface area contributed by atoms with Crippen molar-refractivity contribution in [2.75, 3.05) is 0 Å². The molecule has 1 fully saturated rings. The summed E-state index contributed by atoms with van der Waals surface area (Å²) in [6.07, 6.45) is 7.53. The first-order valence-electron chi connectivity index (χ1n) is 10.8. The number of carbonyl (C=O) groups excluding carboxylic acids is 2. The molecular weight excluding hydrogens is 380 g/mol. The van der Waals surface area contributed by atoms with E-state index in [1.807, 2.05) is 17.4 Å². The molecule has 3 atom stereocenters. The van der Waals surface area contributed by atoms with Crippen molar-refractivity contribution in [1.29, 1.82) is 0 Å². The Morgan fingerprint density at radius 2 is 2.00 bits per heavy atom. The first-order chi connectivity index (χ1) is 14.1. The Hall–Kier alpha value is -2.14. The van der Waals surface area contributed by atoms with Crippen LogP contribution in [0.4, 0.5) is 0 Å². The van der Waals surface area contributed by atoms with Crippen LogP contribution in [0.25, 0.3) is 0 Å². The van der Waals surface area contributed by atoms with Gasteiger partial charge in [-0.2, -0.15) is 0 Å². The Labute approximate surface area is 177 Å². The van der Waals surface area contributed by atoms with Gasteiger partial charge < -0.3 is 10.6 Å². The molecule has 0 spiro atoms. The molecule has 0 bridgehead atoms. The van der Waals surface area contributed by atoms with E-state index in [9.17, 15) is 9.59 Å². The molecule has 2 amide bonds. The van der Waals surface area contributed by atoms with Gasteiger partial charge in [0.05, 0.1) is 6.54 Å². The van der Waals surface area contributed by atoms with Crippen LogP contribution in [0.1, 0.15) is 53.5 Å². The summed E-state index contributed by atoms with van der Waals surface area (Å²) < 4.78 is 0. The number of aryl methyl sites for hydroxylation is 2. The van der Waals surface area contributed by atoms with E-state index in [1.165, 1.54) is 40.1 Å². The third-order valence-electron chi connectivity index (χ3n) is 6.27. The molecule has 2 aliphatic rings. The van der Waals surface area contributed by atoms with Crippen molar-refractivity contribution in [2.24, 2.45) is 11.8 Å². The van der Waals surface area contributed by atoms with Gasteiger partial charge in [-0.25, -0.2) is 0 Å². The van der Waals surface area contributed by atoms with E-state index >= 15 is 0 Å². The van der Waals surface area contributed by atoms with Crippen LogP contribution >= 0.6 is 11.3 Å². The van der Waals surface area contributed by atoms with Crippen LogP contribution in [-0.4, -0.2) is 17.9 Å². The van der Waals surface area contributed by atoms with E-state index in [0.717, 1.165) is 25.7 Å². The van der Waals surface area contributed by atoms with Gasteiger partial charge in [0.2, 0.25) is 11.8 Å². The highest BCUT2D eigenvalue weighted by Crippen LogP contribution is 2.33. The zero-order valence-electron chi connectivity index (χ0n) is 17.1. The van der Waals surface area contributed by atoms with Gasteiger partial charge in [0.1, 0.15) is 6.04 Å². The SMILES string of the molecule is C[C@H](NC(=O)[C@@H]1CC[C@@H](Cc2ccccc2)C1)C(=O)NCc1cc2c(s1)CCC2. The van der Waals surface area contributed by atoms with Crippen LogP contribution in [0.5, 0.6) is 0 Å². The number of fused-ring (bicyclic) bond motifs is 1. The molecule has 2 aromatic rings. The molecule has 2 N–H and O–H groups in total. The van der Waals surface area contributed by atoms with Gasteiger partial charge in [0.15, 0.2) is 0 Å². The molecule has 0 radical (unpaired) electrons. The minimum absolute atomic E-state index is 0.0262. The Morgan fingerprint density at radius 3 is 2.79 bits per heavy atom. The monoisotopic (exact) mass is 410 g/mol. The smallest absolute Gasteiger partial charge is 0.242 e. The molecule has 29 heavy (non-hydrogen) atoms. The minimum Gasteiger partial charge on any atom is -0.349 e. The van der Waals surface area contributed by atoms with Crippen molar-refractivity contribution >= 4 is 23.2 Å². The largest absolute Gasteiger partial charge is 0.349 e. The number of rotatable bonds is 7. The van der Waals surface area contributed by atoms with Gasteiger partial charge in [-0.15, -0.1) is 11.3 Å². The average Bonchev–Trinajstić information content (AvgIpc) is 3.43. The van der Waals surface area contributed by atoms with Crippen molar-refractivity contribution in [3.05, 3.63) is 57.3 Å². The van der Waals surface area contributed by atoms with Crippen molar-refractivity contribution < 1.29 is 9.59 Å². The lowest BCUT2D eigenvalue weighted by atomic mass is 9.96. The van der Waals surface area contributed by atoms with Crippen molar-refractivity contribution in [3.63, 3.8) is 0 Å². The van der Waals surface area contributed by atoms with Crippen molar-refractivity contribution in [2.45, 2.75) is 64.5 Å². The van der Waals surface area contributed by atoms with E-state index in [-0.39, 0.29) is 17.7 Å². The number of amides is 2. The fraction of sp³-hybridized carbons (Fsp3) is 0.500. The third-order valence-corrected chi connectivity index (χ3v) is 7.50. The van der Waals surface area contributed by atoms with Gasteiger partial charge in [-0.3, -0.25) is 9.59 Å². The lowest BCUT2D eigenvalue weighted by Gasteiger charge is -2.17. The van der Waals surface area contributed by atoms with E-state index in [2.05, 4.69) is 41.0 Å². The molecule has 1 saturated carbocycles. The average molecular weight is 411 g/mol. The zero-order chi connectivity index (χ0) is 20.2. The van der Waals surface area contributed by atoms with E-state index in [0.29, 0.717) is 12.5 Å². The van der Waals surface area contributed by atoms with E-state index in [4.69, 9.17) is 0 Å². The number of thiophene rings is 1. The standard InChI is InChI=1S/C24H30N2O2S/c1-16(23(27)25-15-21-14-19-8-5-9-22(19)29-21)26-24(28)20-11-10-18(13-20)12-17-6-3-2-4-7-17/h2-4,6-7,14,16,18,20H,5,8-13,15H2,1H3,(H,25,27)(H,26,28)/t16-,18-,20+/m0/s1.